The second kappa shape index (κ2) is 9.23. The molecule has 0 aromatic carbocycles. The first-order chi connectivity index (χ1) is 15.8. The molecule has 0 spiro atoms. The molecular formula is C27H48O7. The summed E-state index contributed by atoms with van der Waals surface area (Å²) < 4.78 is 0. The van der Waals surface area contributed by atoms with Gasteiger partial charge in [0.2, 0.25) is 0 Å². The smallest absolute Gasteiger partial charge is 0.109 e. The standard InChI is InChI=1S/C27H48O7/c1-14(13-28)6-5-7-15(2)19-21(31)22(32)23-26(19,4)11-9-18-25(3)10-8-16(29)12-17(25)20(30)24(33)27(18,23)34/h14-24,28-34H,5-13H2,1-4H3/t14?,15-,16+,17?,18-,19+,20-,21-,22+,23-,24-,25+,26-,27+/m1/s1. The highest BCUT2D eigenvalue weighted by Crippen LogP contribution is 2.69. The lowest BCUT2D eigenvalue weighted by Crippen LogP contribution is -2.75. The molecule has 4 aliphatic rings. The van der Waals surface area contributed by atoms with Crippen molar-refractivity contribution in [2.75, 3.05) is 6.61 Å². The summed E-state index contributed by atoms with van der Waals surface area (Å²) >= 11 is 0. The summed E-state index contributed by atoms with van der Waals surface area (Å²) in [6.45, 7) is 8.38. The topological polar surface area (TPSA) is 142 Å². The van der Waals surface area contributed by atoms with E-state index in [0.29, 0.717) is 25.7 Å². The molecule has 7 heteroatoms. The first-order valence-corrected chi connectivity index (χ1v) is 13.6. The number of aliphatic hydroxyl groups excluding tert-OH is 6. The summed E-state index contributed by atoms with van der Waals surface area (Å²) in [4.78, 5) is 0. The third-order valence-corrected chi connectivity index (χ3v) is 11.2. The van der Waals surface area contributed by atoms with Crippen LogP contribution in [0.4, 0.5) is 0 Å². The third kappa shape index (κ3) is 3.72. The van der Waals surface area contributed by atoms with Gasteiger partial charge in [-0.2, -0.15) is 0 Å². The van der Waals surface area contributed by atoms with Crippen LogP contribution in [0.1, 0.15) is 79.1 Å². The van der Waals surface area contributed by atoms with E-state index in [1.807, 2.05) is 13.8 Å². The van der Waals surface area contributed by atoms with E-state index in [2.05, 4.69) is 13.8 Å². The average molecular weight is 485 g/mol. The van der Waals surface area contributed by atoms with Gasteiger partial charge in [-0.05, 0) is 78.9 Å². The zero-order valence-electron chi connectivity index (χ0n) is 21.3. The molecule has 0 aliphatic heterocycles. The summed E-state index contributed by atoms with van der Waals surface area (Å²) in [5, 5.41) is 77.2. The van der Waals surface area contributed by atoms with Gasteiger partial charge in [-0.1, -0.05) is 40.5 Å². The molecule has 0 heterocycles. The largest absolute Gasteiger partial charge is 0.396 e. The van der Waals surface area contributed by atoms with Crippen molar-refractivity contribution in [3.8, 4) is 0 Å². The third-order valence-electron chi connectivity index (χ3n) is 11.2. The summed E-state index contributed by atoms with van der Waals surface area (Å²) in [5.74, 6) is -1.28. The normalized spacial score (nSPS) is 54.6. The maximum absolute atomic E-state index is 12.3. The minimum absolute atomic E-state index is 0.101. The number of hydrogen-bond acceptors (Lipinski definition) is 7. The number of aliphatic hydroxyl groups is 7. The molecule has 4 aliphatic carbocycles. The minimum atomic E-state index is -1.71. The molecule has 4 rings (SSSR count). The Hall–Kier alpha value is -0.280. The molecule has 14 atom stereocenters. The lowest BCUT2D eigenvalue weighted by Gasteiger charge is -2.67. The first-order valence-electron chi connectivity index (χ1n) is 13.6. The lowest BCUT2D eigenvalue weighted by atomic mass is 9.41. The van der Waals surface area contributed by atoms with Crippen molar-refractivity contribution in [3.63, 3.8) is 0 Å². The summed E-state index contributed by atoms with van der Waals surface area (Å²) in [6, 6.07) is 0. The van der Waals surface area contributed by atoms with Crippen molar-refractivity contribution in [1.29, 1.82) is 0 Å². The van der Waals surface area contributed by atoms with E-state index in [9.17, 15) is 35.7 Å². The summed E-state index contributed by atoms with van der Waals surface area (Å²) in [7, 11) is 0. The predicted molar refractivity (Wildman–Crippen MR) is 128 cm³/mol. The van der Waals surface area contributed by atoms with E-state index in [-0.39, 0.29) is 36.2 Å². The summed E-state index contributed by atoms with van der Waals surface area (Å²) in [6.07, 6.45) is 0.370. The van der Waals surface area contributed by atoms with Crippen LogP contribution in [-0.2, 0) is 0 Å². The van der Waals surface area contributed by atoms with Gasteiger partial charge in [0.25, 0.3) is 0 Å². The minimum Gasteiger partial charge on any atom is -0.396 e. The zero-order valence-corrected chi connectivity index (χ0v) is 21.3. The molecular weight excluding hydrogens is 436 g/mol. The Labute approximate surface area is 204 Å². The van der Waals surface area contributed by atoms with E-state index < -0.39 is 52.9 Å². The molecule has 4 saturated carbocycles. The number of hydrogen-bond donors (Lipinski definition) is 7. The van der Waals surface area contributed by atoms with Crippen LogP contribution in [0.5, 0.6) is 0 Å². The fourth-order valence-corrected chi connectivity index (χ4v) is 9.52. The van der Waals surface area contributed by atoms with Gasteiger partial charge in [-0.15, -0.1) is 0 Å². The molecule has 0 radical (unpaired) electrons. The van der Waals surface area contributed by atoms with Gasteiger partial charge < -0.3 is 35.7 Å². The van der Waals surface area contributed by atoms with Crippen LogP contribution >= 0.6 is 0 Å². The highest BCUT2D eigenvalue weighted by atomic mass is 16.4. The van der Waals surface area contributed by atoms with Gasteiger partial charge >= 0.3 is 0 Å². The Morgan fingerprint density at radius 1 is 0.853 bits per heavy atom. The predicted octanol–water partition coefficient (Wildman–Crippen LogP) is 1.44. The van der Waals surface area contributed by atoms with E-state index >= 15 is 0 Å². The fraction of sp³-hybridized carbons (Fsp3) is 1.00. The molecule has 34 heavy (non-hydrogen) atoms. The SMILES string of the molecule is CC(CO)CCC[C@@H](C)[C@H]1[C@@H](O)[C@H](O)[C@@H]2[C@]1(C)CC[C@H]1[C@@]2(O)[C@H](O)[C@H](O)C2C[C@@H](O)CC[C@@]21C. The quantitative estimate of drug-likeness (QED) is 0.302. The van der Waals surface area contributed by atoms with Crippen LogP contribution in [0, 0.1) is 46.3 Å². The second-order valence-electron chi connectivity index (χ2n) is 13.1. The molecule has 0 bridgehead atoms. The molecule has 4 fully saturated rings. The van der Waals surface area contributed by atoms with Crippen molar-refractivity contribution in [1.82, 2.24) is 0 Å². The Kier molecular flexibility index (Phi) is 7.27. The lowest BCUT2D eigenvalue weighted by molar-refractivity contribution is -0.309. The molecule has 0 amide bonds. The maximum Gasteiger partial charge on any atom is 0.109 e. The Bertz CT molecular complexity index is 734. The summed E-state index contributed by atoms with van der Waals surface area (Å²) in [5.41, 5.74) is -2.74. The van der Waals surface area contributed by atoms with Crippen molar-refractivity contribution < 1.29 is 35.7 Å². The van der Waals surface area contributed by atoms with Gasteiger partial charge in [0, 0.05) is 12.5 Å². The van der Waals surface area contributed by atoms with E-state index in [0.717, 1.165) is 25.7 Å². The fourth-order valence-electron chi connectivity index (χ4n) is 9.52. The highest BCUT2D eigenvalue weighted by Gasteiger charge is 2.75. The molecule has 0 saturated heterocycles. The van der Waals surface area contributed by atoms with Crippen LogP contribution in [-0.4, -0.2) is 78.5 Å². The van der Waals surface area contributed by atoms with Crippen molar-refractivity contribution in [2.24, 2.45) is 46.3 Å². The number of rotatable bonds is 6. The molecule has 2 unspecified atom stereocenters. The van der Waals surface area contributed by atoms with Gasteiger partial charge in [0.15, 0.2) is 0 Å². The number of fused-ring (bicyclic) bond motifs is 5. The second-order valence-corrected chi connectivity index (χ2v) is 13.1. The Morgan fingerprint density at radius 2 is 1.50 bits per heavy atom. The van der Waals surface area contributed by atoms with Crippen molar-refractivity contribution in [2.45, 2.75) is 115 Å². The molecule has 7 N–H and O–H groups in total. The Balaban J connectivity index is 1.66. The van der Waals surface area contributed by atoms with Crippen LogP contribution in [0.3, 0.4) is 0 Å². The average Bonchev–Trinajstić information content (AvgIpc) is 2.99. The van der Waals surface area contributed by atoms with Gasteiger partial charge in [-0.3, -0.25) is 0 Å². The van der Waals surface area contributed by atoms with Gasteiger partial charge in [0.05, 0.1) is 24.4 Å². The molecule has 0 aromatic rings. The van der Waals surface area contributed by atoms with Crippen LogP contribution in [0.25, 0.3) is 0 Å². The van der Waals surface area contributed by atoms with Crippen LogP contribution in [0.2, 0.25) is 0 Å². The van der Waals surface area contributed by atoms with Crippen LogP contribution in [0.15, 0.2) is 0 Å². The highest BCUT2D eigenvalue weighted by molar-refractivity contribution is 5.24. The van der Waals surface area contributed by atoms with Crippen molar-refractivity contribution >= 4 is 0 Å². The maximum atomic E-state index is 12.3. The zero-order chi connectivity index (χ0) is 25.2. The van der Waals surface area contributed by atoms with Gasteiger partial charge in [-0.25, -0.2) is 0 Å². The Morgan fingerprint density at radius 3 is 2.15 bits per heavy atom. The molecule has 7 nitrogen and oxygen atoms in total. The van der Waals surface area contributed by atoms with E-state index in [1.54, 1.807) is 0 Å². The van der Waals surface area contributed by atoms with Crippen LogP contribution < -0.4 is 0 Å². The van der Waals surface area contributed by atoms with E-state index in [4.69, 9.17) is 0 Å². The first kappa shape index (κ1) is 26.8. The van der Waals surface area contributed by atoms with Crippen molar-refractivity contribution in [3.05, 3.63) is 0 Å². The monoisotopic (exact) mass is 484 g/mol. The van der Waals surface area contributed by atoms with E-state index in [1.165, 1.54) is 0 Å². The molecule has 0 aromatic heterocycles. The molecule has 198 valence electrons. The van der Waals surface area contributed by atoms with Gasteiger partial charge in [0.1, 0.15) is 11.7 Å².